The fourth-order valence-electron chi connectivity index (χ4n) is 4.07. The normalized spacial score (nSPS) is 12.7. The van der Waals surface area contributed by atoms with Gasteiger partial charge in [-0.2, -0.15) is 9.97 Å². The molecular formula is C24H22F2N6. The minimum atomic E-state index is -0.592. The summed E-state index contributed by atoms with van der Waals surface area (Å²) in [6.07, 6.45) is 3.89. The predicted molar refractivity (Wildman–Crippen MR) is 123 cm³/mol. The molecule has 2 aromatic heterocycles. The van der Waals surface area contributed by atoms with Crippen LogP contribution in [0.15, 0.2) is 41.5 Å². The summed E-state index contributed by atoms with van der Waals surface area (Å²) in [6, 6.07) is 8.41. The molecule has 5 rings (SSSR count). The molecule has 32 heavy (non-hydrogen) atoms. The van der Waals surface area contributed by atoms with E-state index in [1.807, 2.05) is 43.0 Å². The van der Waals surface area contributed by atoms with E-state index >= 15 is 0 Å². The number of hydrogen-bond acceptors (Lipinski definition) is 5. The van der Waals surface area contributed by atoms with E-state index in [2.05, 4.69) is 26.3 Å². The molecule has 0 bridgehead atoms. The molecule has 3 N–H and O–H groups in total. The van der Waals surface area contributed by atoms with E-state index in [-0.39, 0.29) is 29.1 Å². The molecule has 162 valence electrons. The first kappa shape index (κ1) is 20.1. The third-order valence-electron chi connectivity index (χ3n) is 5.72. The van der Waals surface area contributed by atoms with Crippen molar-refractivity contribution in [1.29, 1.82) is 0 Å². The number of aliphatic imine (C=N–C) groups is 1. The van der Waals surface area contributed by atoms with Gasteiger partial charge in [0, 0.05) is 35.6 Å². The highest BCUT2D eigenvalue weighted by molar-refractivity contribution is 6.06. The van der Waals surface area contributed by atoms with Gasteiger partial charge in [0.25, 0.3) is 0 Å². The van der Waals surface area contributed by atoms with E-state index in [0.717, 1.165) is 34.4 Å². The molecule has 6 nitrogen and oxygen atoms in total. The van der Waals surface area contributed by atoms with Crippen molar-refractivity contribution in [3.8, 4) is 11.1 Å². The lowest BCUT2D eigenvalue weighted by molar-refractivity contribution is 0.595. The molecule has 1 aliphatic rings. The van der Waals surface area contributed by atoms with Crippen LogP contribution in [0.5, 0.6) is 0 Å². The van der Waals surface area contributed by atoms with Gasteiger partial charge in [-0.1, -0.05) is 18.2 Å². The van der Waals surface area contributed by atoms with Crippen LogP contribution in [-0.4, -0.2) is 20.7 Å². The number of fused-ring (bicyclic) bond motifs is 2. The summed E-state index contributed by atoms with van der Waals surface area (Å²) in [7, 11) is 0. The van der Waals surface area contributed by atoms with Crippen LogP contribution in [0.1, 0.15) is 36.6 Å². The molecule has 0 atom stereocenters. The maximum atomic E-state index is 14.4. The summed E-state index contributed by atoms with van der Waals surface area (Å²) in [6.45, 7) is 6.25. The fraction of sp³-hybridized carbons (Fsp3) is 0.208. The second-order valence-corrected chi connectivity index (χ2v) is 8.23. The van der Waals surface area contributed by atoms with Crippen LogP contribution < -0.4 is 11.1 Å². The number of aryl methyl sites for hydroxylation is 1. The topological polar surface area (TPSA) is 81.1 Å². The van der Waals surface area contributed by atoms with Crippen molar-refractivity contribution in [2.75, 3.05) is 11.1 Å². The molecule has 0 unspecified atom stereocenters. The molecule has 0 aliphatic carbocycles. The first-order valence-corrected chi connectivity index (χ1v) is 10.4. The Bertz CT molecular complexity index is 1400. The molecule has 4 aromatic rings. The Hall–Kier alpha value is -3.81. The zero-order valence-corrected chi connectivity index (χ0v) is 17.9. The molecule has 0 saturated carbocycles. The molecule has 1 aliphatic heterocycles. The molecule has 3 heterocycles. The van der Waals surface area contributed by atoms with E-state index in [9.17, 15) is 8.78 Å². The van der Waals surface area contributed by atoms with Crippen LogP contribution in [0.3, 0.4) is 0 Å². The molecule has 0 amide bonds. The van der Waals surface area contributed by atoms with Gasteiger partial charge in [0.1, 0.15) is 23.1 Å². The Morgan fingerprint density at radius 3 is 2.69 bits per heavy atom. The Morgan fingerprint density at radius 2 is 1.91 bits per heavy atom. The summed E-state index contributed by atoms with van der Waals surface area (Å²) in [4.78, 5) is 13.4. The van der Waals surface area contributed by atoms with Crippen LogP contribution in [-0.2, 0) is 6.54 Å². The van der Waals surface area contributed by atoms with Crippen molar-refractivity contribution >= 4 is 34.7 Å². The molecular weight excluding hydrogens is 410 g/mol. The van der Waals surface area contributed by atoms with Gasteiger partial charge in [0.05, 0.1) is 17.6 Å². The highest BCUT2D eigenvalue weighted by Crippen LogP contribution is 2.38. The lowest BCUT2D eigenvalue weighted by Crippen LogP contribution is -2.06. The van der Waals surface area contributed by atoms with Crippen LogP contribution >= 0.6 is 0 Å². The Morgan fingerprint density at radius 1 is 1.09 bits per heavy atom. The van der Waals surface area contributed by atoms with Crippen molar-refractivity contribution < 1.29 is 8.78 Å². The van der Waals surface area contributed by atoms with Crippen molar-refractivity contribution in [3.05, 3.63) is 64.9 Å². The zero-order chi connectivity index (χ0) is 22.6. The number of hydrogen-bond donors (Lipinski definition) is 2. The number of benzene rings is 2. The minimum Gasteiger partial charge on any atom is -0.383 e. The zero-order valence-electron chi connectivity index (χ0n) is 17.9. The first-order chi connectivity index (χ1) is 15.3. The summed E-state index contributed by atoms with van der Waals surface area (Å²) in [5.74, 6) is -0.753. The fourth-order valence-corrected chi connectivity index (χ4v) is 4.07. The number of nitrogens with two attached hydrogens (primary N) is 1. The number of anilines is 3. The van der Waals surface area contributed by atoms with Crippen molar-refractivity contribution in [1.82, 2.24) is 14.5 Å². The summed E-state index contributed by atoms with van der Waals surface area (Å²) < 4.78 is 30.3. The smallest absolute Gasteiger partial charge is 0.231 e. The van der Waals surface area contributed by atoms with Crippen LogP contribution in [0.25, 0.3) is 22.2 Å². The average Bonchev–Trinajstić information content (AvgIpc) is 3.37. The van der Waals surface area contributed by atoms with Gasteiger partial charge in [0.15, 0.2) is 0 Å². The first-order valence-electron chi connectivity index (χ1n) is 10.4. The van der Waals surface area contributed by atoms with E-state index < -0.39 is 11.6 Å². The number of rotatable bonds is 4. The number of nitrogen functional groups attached to an aromatic ring is 1. The highest BCUT2D eigenvalue weighted by Gasteiger charge is 2.22. The van der Waals surface area contributed by atoms with Gasteiger partial charge >= 0.3 is 0 Å². The molecule has 0 saturated heterocycles. The second kappa shape index (κ2) is 7.40. The Balaban J connectivity index is 1.68. The minimum absolute atomic E-state index is 0.0492. The second-order valence-electron chi connectivity index (χ2n) is 8.23. The molecule has 2 aromatic carbocycles. The molecule has 0 fully saturated rings. The Kier molecular flexibility index (Phi) is 4.65. The lowest BCUT2D eigenvalue weighted by atomic mass is 9.97. The average molecular weight is 432 g/mol. The number of nitrogens with one attached hydrogen (secondary N) is 1. The van der Waals surface area contributed by atoms with E-state index in [4.69, 9.17) is 5.73 Å². The van der Waals surface area contributed by atoms with Crippen LogP contribution in [0.2, 0.25) is 0 Å². The molecule has 0 radical (unpaired) electrons. The number of aromatic nitrogens is 3. The number of nitrogens with zero attached hydrogens (tertiary/aromatic N) is 4. The molecule has 8 heteroatoms. The predicted octanol–water partition coefficient (Wildman–Crippen LogP) is 5.52. The molecule has 0 spiro atoms. The van der Waals surface area contributed by atoms with Gasteiger partial charge < -0.3 is 15.6 Å². The quantitative estimate of drug-likeness (QED) is 0.445. The summed E-state index contributed by atoms with van der Waals surface area (Å²) >= 11 is 0. The largest absolute Gasteiger partial charge is 0.383 e. The maximum Gasteiger partial charge on any atom is 0.231 e. The van der Waals surface area contributed by atoms with Crippen LogP contribution in [0, 0.1) is 18.6 Å². The van der Waals surface area contributed by atoms with Gasteiger partial charge in [-0.3, -0.25) is 4.99 Å². The number of halogens is 2. The third kappa shape index (κ3) is 3.19. The Labute approximate surface area is 183 Å². The summed E-state index contributed by atoms with van der Waals surface area (Å²) in [5.41, 5.74) is 11.3. The van der Waals surface area contributed by atoms with Crippen molar-refractivity contribution in [3.63, 3.8) is 0 Å². The lowest BCUT2D eigenvalue weighted by Gasteiger charge is -2.11. The van der Waals surface area contributed by atoms with Crippen molar-refractivity contribution in [2.24, 2.45) is 4.99 Å². The van der Waals surface area contributed by atoms with E-state index in [1.54, 1.807) is 0 Å². The maximum absolute atomic E-state index is 14.4. The standard InChI is InChI=1S/C24H22F2N6/c1-12(2)32-11-17(15-6-4-5-14-9-28-10-16(14)15)21-22(27)30-24(31-23(21)32)29-20-8-18(25)13(3)7-19(20)26/h4-8,10-12H,9H2,1-3H3,(H3,27,29,30,31). The van der Waals surface area contributed by atoms with E-state index in [1.165, 1.54) is 6.92 Å². The van der Waals surface area contributed by atoms with Gasteiger partial charge in [0.2, 0.25) is 5.95 Å². The van der Waals surface area contributed by atoms with Gasteiger partial charge in [-0.15, -0.1) is 0 Å². The highest BCUT2D eigenvalue weighted by atomic mass is 19.1. The van der Waals surface area contributed by atoms with Gasteiger partial charge in [-0.05, 0) is 43.5 Å². The van der Waals surface area contributed by atoms with E-state index in [0.29, 0.717) is 17.6 Å². The van der Waals surface area contributed by atoms with Gasteiger partial charge in [-0.25, -0.2) is 8.78 Å². The van der Waals surface area contributed by atoms with Crippen LogP contribution in [0.4, 0.5) is 26.2 Å². The SMILES string of the molecule is Cc1cc(F)c(Nc2nc(N)c3c(-c4cccc5c4C=NC5)cn(C(C)C)c3n2)cc1F. The summed E-state index contributed by atoms with van der Waals surface area (Å²) in [5, 5.41) is 3.49. The third-order valence-corrected chi connectivity index (χ3v) is 5.72. The van der Waals surface area contributed by atoms with Crippen molar-refractivity contribution in [2.45, 2.75) is 33.4 Å². The monoisotopic (exact) mass is 432 g/mol.